The first-order valence-electron chi connectivity index (χ1n) is 5.18. The van der Waals surface area contributed by atoms with Crippen molar-refractivity contribution in [1.29, 1.82) is 0 Å². The molecule has 0 aliphatic carbocycles. The minimum atomic E-state index is -0.994. The van der Waals surface area contributed by atoms with Crippen LogP contribution < -0.4 is 10.1 Å². The van der Waals surface area contributed by atoms with Gasteiger partial charge in [-0.1, -0.05) is 11.6 Å². The summed E-state index contributed by atoms with van der Waals surface area (Å²) in [6, 6.07) is 4.20. The lowest BCUT2D eigenvalue weighted by molar-refractivity contribution is 0.415. The molecule has 0 aliphatic heterocycles. The van der Waals surface area contributed by atoms with Crippen molar-refractivity contribution in [2.45, 2.75) is 0 Å². The molecule has 2 rings (SSSR count). The van der Waals surface area contributed by atoms with Crippen LogP contribution in [0.1, 0.15) is 0 Å². The van der Waals surface area contributed by atoms with E-state index in [9.17, 15) is 13.2 Å². The number of rotatable bonds is 3. The summed E-state index contributed by atoms with van der Waals surface area (Å²) in [5.74, 6) is -3.20. The van der Waals surface area contributed by atoms with Crippen LogP contribution in [0.2, 0.25) is 5.02 Å². The molecule has 1 N–H and O–H groups in total. The van der Waals surface area contributed by atoms with E-state index in [1.165, 1.54) is 19.2 Å². The van der Waals surface area contributed by atoms with Crippen LogP contribution in [-0.2, 0) is 0 Å². The second-order valence-corrected chi connectivity index (χ2v) is 3.94. The summed E-state index contributed by atoms with van der Waals surface area (Å²) < 4.78 is 44.9. The lowest BCUT2D eigenvalue weighted by Crippen LogP contribution is -2.01. The van der Waals surface area contributed by atoms with Gasteiger partial charge in [0.25, 0.3) is 5.88 Å². The number of aromatic nitrogens is 1. The lowest BCUT2D eigenvalue weighted by atomic mass is 10.3. The Hall–Kier alpha value is -1.95. The minimum absolute atomic E-state index is 0.00182. The van der Waals surface area contributed by atoms with Gasteiger partial charge in [-0.3, -0.25) is 0 Å². The molecule has 0 fully saturated rings. The first-order chi connectivity index (χ1) is 9.01. The van der Waals surface area contributed by atoms with E-state index in [-0.39, 0.29) is 16.6 Å². The van der Waals surface area contributed by atoms with Crippen LogP contribution in [0, 0.1) is 17.5 Å². The van der Waals surface area contributed by atoms with Crippen molar-refractivity contribution in [3.8, 4) is 11.6 Å². The molecule has 7 heteroatoms. The SMILES string of the molecule is CNc1nc(Oc2ccc(Cl)c(F)c2)c(F)cc1F. The second kappa shape index (κ2) is 5.36. The molecule has 0 spiro atoms. The van der Waals surface area contributed by atoms with Crippen molar-refractivity contribution in [3.63, 3.8) is 0 Å². The van der Waals surface area contributed by atoms with Gasteiger partial charge in [0.05, 0.1) is 5.02 Å². The van der Waals surface area contributed by atoms with Crippen LogP contribution in [-0.4, -0.2) is 12.0 Å². The molecular weight excluding hydrogens is 281 g/mol. The molecule has 19 heavy (non-hydrogen) atoms. The Kier molecular flexibility index (Phi) is 3.80. The zero-order chi connectivity index (χ0) is 14.0. The van der Waals surface area contributed by atoms with Crippen molar-refractivity contribution < 1.29 is 17.9 Å². The summed E-state index contributed by atoms with van der Waals surface area (Å²) in [4.78, 5) is 3.60. The molecule has 0 radical (unpaired) electrons. The number of benzene rings is 1. The van der Waals surface area contributed by atoms with Gasteiger partial charge < -0.3 is 10.1 Å². The van der Waals surface area contributed by atoms with Crippen molar-refractivity contribution >= 4 is 17.4 Å². The van der Waals surface area contributed by atoms with Crippen LogP contribution in [0.15, 0.2) is 24.3 Å². The smallest absolute Gasteiger partial charge is 0.258 e. The Morgan fingerprint density at radius 2 is 1.84 bits per heavy atom. The Morgan fingerprint density at radius 1 is 1.11 bits per heavy atom. The van der Waals surface area contributed by atoms with Gasteiger partial charge in [-0.25, -0.2) is 13.2 Å². The number of ether oxygens (including phenoxy) is 1. The van der Waals surface area contributed by atoms with Crippen molar-refractivity contribution in [3.05, 3.63) is 46.7 Å². The van der Waals surface area contributed by atoms with Gasteiger partial charge >= 0.3 is 0 Å². The second-order valence-electron chi connectivity index (χ2n) is 3.53. The van der Waals surface area contributed by atoms with Crippen LogP contribution in [0.4, 0.5) is 19.0 Å². The van der Waals surface area contributed by atoms with E-state index in [0.29, 0.717) is 6.07 Å². The zero-order valence-corrected chi connectivity index (χ0v) is 10.4. The molecule has 0 saturated carbocycles. The monoisotopic (exact) mass is 288 g/mol. The molecule has 1 aromatic heterocycles. The van der Waals surface area contributed by atoms with Gasteiger partial charge in [0.1, 0.15) is 11.6 Å². The Labute approximate surface area is 112 Å². The molecule has 0 unspecified atom stereocenters. The highest BCUT2D eigenvalue weighted by Crippen LogP contribution is 2.28. The van der Waals surface area contributed by atoms with E-state index >= 15 is 0 Å². The minimum Gasteiger partial charge on any atom is -0.436 e. The summed E-state index contributed by atoms with van der Waals surface area (Å²) in [6.45, 7) is 0. The number of halogens is 4. The fourth-order valence-corrected chi connectivity index (χ4v) is 1.47. The predicted molar refractivity (Wildman–Crippen MR) is 65.2 cm³/mol. The largest absolute Gasteiger partial charge is 0.436 e. The quantitative estimate of drug-likeness (QED) is 0.927. The fraction of sp³-hybridized carbons (Fsp3) is 0.0833. The van der Waals surface area contributed by atoms with E-state index in [1.807, 2.05) is 0 Å². The Balaban J connectivity index is 2.34. The molecule has 3 nitrogen and oxygen atoms in total. The summed E-state index contributed by atoms with van der Waals surface area (Å²) in [6.07, 6.45) is 0. The number of hydrogen-bond acceptors (Lipinski definition) is 3. The van der Waals surface area contributed by atoms with E-state index in [2.05, 4.69) is 10.3 Å². The maximum atomic E-state index is 13.5. The third kappa shape index (κ3) is 2.90. The van der Waals surface area contributed by atoms with Crippen LogP contribution in [0.3, 0.4) is 0 Å². The van der Waals surface area contributed by atoms with Gasteiger partial charge in [-0.05, 0) is 12.1 Å². The third-order valence-corrected chi connectivity index (χ3v) is 2.55. The highest BCUT2D eigenvalue weighted by atomic mass is 35.5. The summed E-state index contributed by atoms with van der Waals surface area (Å²) in [7, 11) is 1.43. The van der Waals surface area contributed by atoms with Gasteiger partial charge in [0.15, 0.2) is 17.5 Å². The summed E-state index contributed by atoms with van der Waals surface area (Å²) in [5, 5.41) is 2.35. The van der Waals surface area contributed by atoms with Gasteiger partial charge in [-0.2, -0.15) is 4.98 Å². The molecule has 1 heterocycles. The van der Waals surface area contributed by atoms with Crippen LogP contribution in [0.5, 0.6) is 11.6 Å². The summed E-state index contributed by atoms with van der Waals surface area (Å²) >= 11 is 5.50. The summed E-state index contributed by atoms with van der Waals surface area (Å²) in [5.41, 5.74) is 0. The van der Waals surface area contributed by atoms with Crippen LogP contribution in [0.25, 0.3) is 0 Å². The van der Waals surface area contributed by atoms with E-state index < -0.39 is 23.3 Å². The number of anilines is 1. The average Bonchev–Trinajstić information content (AvgIpc) is 2.37. The maximum absolute atomic E-state index is 13.5. The van der Waals surface area contributed by atoms with Crippen molar-refractivity contribution in [2.24, 2.45) is 0 Å². The normalized spacial score (nSPS) is 10.4. The Bertz CT molecular complexity index is 622. The van der Waals surface area contributed by atoms with E-state index in [0.717, 1.165) is 6.07 Å². The number of pyridine rings is 1. The van der Waals surface area contributed by atoms with Crippen LogP contribution >= 0.6 is 11.6 Å². The first kappa shape index (κ1) is 13.5. The molecule has 0 bridgehead atoms. The fourth-order valence-electron chi connectivity index (χ4n) is 1.35. The molecular formula is C12H8ClF3N2O. The predicted octanol–water partition coefficient (Wildman–Crippen LogP) is 3.99. The van der Waals surface area contributed by atoms with Crippen molar-refractivity contribution in [1.82, 2.24) is 4.98 Å². The molecule has 0 amide bonds. The first-order valence-corrected chi connectivity index (χ1v) is 5.55. The molecule has 1 aromatic carbocycles. The maximum Gasteiger partial charge on any atom is 0.258 e. The highest BCUT2D eigenvalue weighted by molar-refractivity contribution is 6.30. The van der Waals surface area contributed by atoms with E-state index in [4.69, 9.17) is 16.3 Å². The standard InChI is InChI=1S/C12H8ClF3N2O/c1-17-11-9(15)5-10(16)12(18-11)19-6-2-3-7(13)8(14)4-6/h2-5H,1H3,(H,17,18). The number of hydrogen-bond donors (Lipinski definition) is 1. The third-order valence-electron chi connectivity index (χ3n) is 2.24. The molecule has 100 valence electrons. The average molecular weight is 289 g/mol. The van der Waals surface area contributed by atoms with Crippen molar-refractivity contribution in [2.75, 3.05) is 12.4 Å². The molecule has 2 aromatic rings. The van der Waals surface area contributed by atoms with Gasteiger partial charge in [-0.15, -0.1) is 0 Å². The molecule has 0 saturated heterocycles. The zero-order valence-electron chi connectivity index (χ0n) is 9.68. The molecule has 0 aliphatic rings. The lowest BCUT2D eigenvalue weighted by Gasteiger charge is -2.08. The topological polar surface area (TPSA) is 34.2 Å². The number of nitrogens with one attached hydrogen (secondary N) is 1. The number of nitrogens with zero attached hydrogens (tertiary/aromatic N) is 1. The van der Waals surface area contributed by atoms with E-state index in [1.54, 1.807) is 0 Å². The Morgan fingerprint density at radius 3 is 2.47 bits per heavy atom. The highest BCUT2D eigenvalue weighted by Gasteiger charge is 2.13. The van der Waals surface area contributed by atoms with Gasteiger partial charge in [0.2, 0.25) is 0 Å². The van der Waals surface area contributed by atoms with Gasteiger partial charge in [0, 0.05) is 19.2 Å². The molecule has 0 atom stereocenters.